The van der Waals surface area contributed by atoms with E-state index in [1.165, 1.54) is 17.6 Å². The normalized spacial score (nSPS) is 19.1. The minimum atomic E-state index is -0.473. The van der Waals surface area contributed by atoms with Gasteiger partial charge in [-0.1, -0.05) is 78.3 Å². The van der Waals surface area contributed by atoms with E-state index in [-0.39, 0.29) is 12.1 Å². The van der Waals surface area contributed by atoms with Crippen molar-refractivity contribution in [1.29, 1.82) is 0 Å². The molecule has 1 aliphatic carbocycles. The molecule has 4 aromatic rings. The van der Waals surface area contributed by atoms with Gasteiger partial charge in [-0.05, 0) is 89.6 Å². The molecule has 1 atom stereocenters. The van der Waals surface area contributed by atoms with Gasteiger partial charge < -0.3 is 15.7 Å². The lowest BCUT2D eigenvalue weighted by Crippen LogP contribution is -2.19. The van der Waals surface area contributed by atoms with Crippen LogP contribution in [0.3, 0.4) is 0 Å². The molecule has 1 aliphatic heterocycles. The predicted octanol–water partition coefficient (Wildman–Crippen LogP) is 7.39. The first-order valence-corrected chi connectivity index (χ1v) is 14.0. The molecular formula is C33H33FN4O2. The van der Waals surface area contributed by atoms with Crippen molar-refractivity contribution in [2.24, 2.45) is 16.8 Å². The van der Waals surface area contributed by atoms with Crippen LogP contribution in [0.25, 0.3) is 28.1 Å². The van der Waals surface area contributed by atoms with Gasteiger partial charge in [-0.3, -0.25) is 0 Å². The topological polar surface area (TPSA) is 85.7 Å². The molecule has 3 aromatic carbocycles. The lowest BCUT2D eigenvalue weighted by Gasteiger charge is -2.31. The molecule has 204 valence electrons. The van der Waals surface area contributed by atoms with E-state index in [4.69, 9.17) is 15.7 Å². The molecular weight excluding hydrogens is 503 g/mol. The van der Waals surface area contributed by atoms with Crippen LogP contribution in [0.15, 0.2) is 84.0 Å². The minimum absolute atomic E-state index is 0.0375. The molecule has 3 N–H and O–H groups in total. The zero-order chi connectivity index (χ0) is 27.5. The van der Waals surface area contributed by atoms with Gasteiger partial charge in [0.1, 0.15) is 0 Å². The van der Waals surface area contributed by atoms with Crippen LogP contribution >= 0.6 is 0 Å². The summed E-state index contributed by atoms with van der Waals surface area (Å²) in [5.41, 5.74) is 12.9. The van der Waals surface area contributed by atoms with Crippen LogP contribution in [0.5, 0.6) is 0 Å². The molecule has 7 heteroatoms. The summed E-state index contributed by atoms with van der Waals surface area (Å²) in [6.45, 7) is 0.672. The maximum atomic E-state index is 15.4. The zero-order valence-corrected chi connectivity index (χ0v) is 22.3. The van der Waals surface area contributed by atoms with Gasteiger partial charge in [0.25, 0.3) is 0 Å². The SMILES string of the molecule is NC(/C=C/c1ccc(C(=C(c2ccccc2)C2CCC2)c2ccc3c(c2)c(F)nn3C2CCCCO2)cc1)=NO. The van der Waals surface area contributed by atoms with Gasteiger partial charge in [0.05, 0.1) is 10.9 Å². The van der Waals surface area contributed by atoms with Gasteiger partial charge >= 0.3 is 0 Å². The Hall–Kier alpha value is -4.23. The molecule has 2 aliphatic rings. The van der Waals surface area contributed by atoms with Gasteiger partial charge in [0, 0.05) is 6.61 Å². The van der Waals surface area contributed by atoms with Crippen LogP contribution in [-0.2, 0) is 4.74 Å². The molecule has 1 saturated heterocycles. The molecule has 40 heavy (non-hydrogen) atoms. The highest BCUT2D eigenvalue weighted by molar-refractivity contribution is 6.01. The van der Waals surface area contributed by atoms with E-state index in [1.54, 1.807) is 16.8 Å². The van der Waals surface area contributed by atoms with Crippen molar-refractivity contribution in [3.05, 3.63) is 107 Å². The van der Waals surface area contributed by atoms with Gasteiger partial charge in [-0.25, -0.2) is 4.68 Å². The van der Waals surface area contributed by atoms with Crippen molar-refractivity contribution in [3.63, 3.8) is 0 Å². The highest BCUT2D eigenvalue weighted by Gasteiger charge is 2.28. The van der Waals surface area contributed by atoms with Crippen molar-refractivity contribution >= 4 is 34.0 Å². The zero-order valence-electron chi connectivity index (χ0n) is 22.3. The third-order valence-electron chi connectivity index (χ3n) is 8.01. The van der Waals surface area contributed by atoms with Gasteiger partial charge in [-0.15, -0.1) is 5.10 Å². The van der Waals surface area contributed by atoms with Crippen LogP contribution in [0.4, 0.5) is 4.39 Å². The van der Waals surface area contributed by atoms with Crippen LogP contribution < -0.4 is 5.73 Å². The molecule has 1 unspecified atom stereocenters. The number of rotatable bonds is 7. The third kappa shape index (κ3) is 5.17. The van der Waals surface area contributed by atoms with E-state index >= 15 is 4.39 Å². The number of hydrogen-bond donors (Lipinski definition) is 2. The van der Waals surface area contributed by atoms with Crippen LogP contribution in [-0.4, -0.2) is 27.4 Å². The molecule has 1 saturated carbocycles. The second-order valence-corrected chi connectivity index (χ2v) is 10.6. The summed E-state index contributed by atoms with van der Waals surface area (Å²) >= 11 is 0. The number of nitrogens with zero attached hydrogens (tertiary/aromatic N) is 3. The molecule has 2 fully saturated rings. The first-order valence-electron chi connectivity index (χ1n) is 14.0. The Morgan fingerprint density at radius 1 is 0.950 bits per heavy atom. The summed E-state index contributed by atoms with van der Waals surface area (Å²) < 4.78 is 23.0. The molecule has 6 nitrogen and oxygen atoms in total. The fraction of sp³-hybridized carbons (Fsp3) is 0.273. The number of halogens is 1. The number of hydrogen-bond acceptors (Lipinski definition) is 4. The molecule has 0 radical (unpaired) electrons. The lowest BCUT2D eigenvalue weighted by atomic mass is 9.73. The largest absolute Gasteiger partial charge is 0.409 e. The van der Waals surface area contributed by atoms with Gasteiger partial charge in [-0.2, -0.15) is 4.39 Å². The van der Waals surface area contributed by atoms with Crippen LogP contribution in [0.1, 0.15) is 67.0 Å². The Morgan fingerprint density at radius 2 is 1.73 bits per heavy atom. The Kier molecular flexibility index (Phi) is 7.47. The van der Waals surface area contributed by atoms with Crippen molar-refractivity contribution in [3.8, 4) is 0 Å². The number of allylic oxidation sites excluding steroid dienone is 1. The lowest BCUT2D eigenvalue weighted by molar-refractivity contribution is -0.0375. The van der Waals surface area contributed by atoms with E-state index in [0.717, 1.165) is 59.9 Å². The van der Waals surface area contributed by atoms with Crippen molar-refractivity contribution < 1.29 is 14.3 Å². The number of nitrogens with two attached hydrogens (primary N) is 1. The fourth-order valence-corrected chi connectivity index (χ4v) is 5.75. The first kappa shape index (κ1) is 26.0. The number of fused-ring (bicyclic) bond motifs is 1. The van der Waals surface area contributed by atoms with Crippen molar-refractivity contribution in [2.45, 2.75) is 44.8 Å². The minimum Gasteiger partial charge on any atom is -0.409 e. The molecule has 6 rings (SSSR count). The highest BCUT2D eigenvalue weighted by atomic mass is 19.1. The van der Waals surface area contributed by atoms with E-state index in [9.17, 15) is 0 Å². The molecule has 0 bridgehead atoms. The maximum absolute atomic E-state index is 15.4. The Balaban J connectivity index is 1.51. The van der Waals surface area contributed by atoms with E-state index < -0.39 is 5.95 Å². The molecule has 0 amide bonds. The summed E-state index contributed by atoms with van der Waals surface area (Å²) in [7, 11) is 0. The number of ether oxygens (including phenoxy) is 1. The van der Waals surface area contributed by atoms with Crippen LogP contribution in [0, 0.1) is 11.9 Å². The van der Waals surface area contributed by atoms with E-state index in [2.05, 4.69) is 52.7 Å². The summed E-state index contributed by atoms with van der Waals surface area (Å²) in [6.07, 6.45) is 9.48. The molecule has 2 heterocycles. The monoisotopic (exact) mass is 536 g/mol. The number of oxime groups is 1. The van der Waals surface area contributed by atoms with E-state index in [1.807, 2.05) is 30.3 Å². The van der Waals surface area contributed by atoms with E-state index in [0.29, 0.717) is 17.9 Å². The highest BCUT2D eigenvalue weighted by Crippen LogP contribution is 2.45. The number of amidine groups is 1. The summed E-state index contributed by atoms with van der Waals surface area (Å²) in [4.78, 5) is 0. The third-order valence-corrected chi connectivity index (χ3v) is 8.01. The van der Waals surface area contributed by atoms with Crippen molar-refractivity contribution in [2.75, 3.05) is 6.61 Å². The maximum Gasteiger partial charge on any atom is 0.240 e. The Labute approximate surface area is 233 Å². The summed E-state index contributed by atoms with van der Waals surface area (Å²) in [6, 6.07) is 24.7. The Bertz CT molecular complexity index is 1580. The van der Waals surface area contributed by atoms with Crippen LogP contribution in [0.2, 0.25) is 0 Å². The molecule has 1 aromatic heterocycles. The number of aromatic nitrogens is 2. The Morgan fingerprint density at radius 3 is 2.40 bits per heavy atom. The average Bonchev–Trinajstić information content (AvgIpc) is 3.31. The summed E-state index contributed by atoms with van der Waals surface area (Å²) in [5.74, 6) is -0.00847. The molecule has 0 spiro atoms. The fourth-order valence-electron chi connectivity index (χ4n) is 5.75. The predicted molar refractivity (Wildman–Crippen MR) is 157 cm³/mol. The summed E-state index contributed by atoms with van der Waals surface area (Å²) in [5, 5.41) is 16.6. The smallest absolute Gasteiger partial charge is 0.240 e. The van der Waals surface area contributed by atoms with Crippen molar-refractivity contribution in [1.82, 2.24) is 9.78 Å². The quantitative estimate of drug-likeness (QED) is 0.0848. The van der Waals surface area contributed by atoms with Gasteiger partial charge in [0.2, 0.25) is 5.95 Å². The second-order valence-electron chi connectivity index (χ2n) is 10.6. The first-order chi connectivity index (χ1) is 19.6. The standard InChI is InChI=1S/C33H33FN4O2/c34-33-27-21-26(17-18-28(27)38(36-33)30-11-4-5-20-40-30)32(25-15-12-22(13-16-25)14-19-29(35)37-39)31(24-9-6-10-24)23-7-2-1-3-8-23/h1-3,7-8,12-19,21,24,30,39H,4-6,9-11,20H2,(H2,35,37)/b19-14+,32-31?. The average molecular weight is 537 g/mol. The second kappa shape index (κ2) is 11.5. The van der Waals surface area contributed by atoms with Gasteiger partial charge in [0.15, 0.2) is 12.1 Å². The number of benzene rings is 3.